The number of rotatable bonds is 2. The summed E-state index contributed by atoms with van der Waals surface area (Å²) in [6.45, 7) is 5.63. The number of nitrogens with one attached hydrogen (secondary N) is 2. The summed E-state index contributed by atoms with van der Waals surface area (Å²) in [6, 6.07) is 0.492. The Labute approximate surface area is 112 Å². The molecule has 3 heterocycles. The molecule has 102 valence electrons. The summed E-state index contributed by atoms with van der Waals surface area (Å²) >= 11 is 0. The number of piperidine rings is 1. The van der Waals surface area contributed by atoms with Crippen LogP contribution in [0.15, 0.2) is 6.20 Å². The van der Waals surface area contributed by atoms with Gasteiger partial charge < -0.3 is 10.2 Å². The molecule has 2 unspecified atom stereocenters. The number of fused-ring (bicyclic) bond motifs is 1. The molecule has 0 aliphatic carbocycles. The molecule has 2 N–H and O–H groups in total. The largest absolute Gasteiger partial charge is 0.357 e. The summed E-state index contributed by atoms with van der Waals surface area (Å²) in [6.07, 6.45) is 4.32. The molecule has 0 saturated carbocycles. The first-order valence-corrected chi connectivity index (χ1v) is 6.86. The van der Waals surface area contributed by atoms with Crippen molar-refractivity contribution in [2.45, 2.75) is 32.7 Å². The lowest BCUT2D eigenvalue weighted by atomic mass is 9.92. The van der Waals surface area contributed by atoms with Crippen LogP contribution in [0.4, 0.5) is 11.8 Å². The average molecular weight is 260 g/mol. The van der Waals surface area contributed by atoms with Crippen molar-refractivity contribution in [2.75, 3.05) is 23.8 Å². The maximum Gasteiger partial charge on any atom is 0.226 e. The average Bonchev–Trinajstić information content (AvgIpc) is 2.89. The smallest absolute Gasteiger partial charge is 0.226 e. The summed E-state index contributed by atoms with van der Waals surface area (Å²) in [5, 5.41) is 11.0. The molecule has 19 heavy (non-hydrogen) atoms. The number of aromatic nitrogens is 4. The van der Waals surface area contributed by atoms with Crippen LogP contribution in [0.25, 0.3) is 11.0 Å². The molecule has 1 fully saturated rings. The van der Waals surface area contributed by atoms with Crippen LogP contribution in [0.3, 0.4) is 0 Å². The summed E-state index contributed by atoms with van der Waals surface area (Å²) in [7, 11) is 1.84. The predicted octanol–water partition coefficient (Wildman–Crippen LogP) is 2.02. The van der Waals surface area contributed by atoms with Crippen LogP contribution >= 0.6 is 0 Å². The third kappa shape index (κ3) is 2.01. The van der Waals surface area contributed by atoms with Gasteiger partial charge in [-0.05, 0) is 25.7 Å². The highest BCUT2D eigenvalue weighted by Crippen LogP contribution is 2.31. The van der Waals surface area contributed by atoms with Gasteiger partial charge in [-0.1, -0.05) is 6.92 Å². The normalized spacial score (nSPS) is 23.8. The van der Waals surface area contributed by atoms with E-state index in [1.54, 1.807) is 0 Å². The van der Waals surface area contributed by atoms with Gasteiger partial charge in [-0.15, -0.1) is 0 Å². The molecule has 1 aliphatic heterocycles. The second kappa shape index (κ2) is 4.68. The maximum absolute atomic E-state index is 4.64. The fraction of sp³-hybridized carbons (Fsp3) is 0.615. The predicted molar refractivity (Wildman–Crippen MR) is 76.4 cm³/mol. The van der Waals surface area contributed by atoms with Gasteiger partial charge in [0.2, 0.25) is 5.95 Å². The zero-order valence-corrected chi connectivity index (χ0v) is 11.6. The quantitative estimate of drug-likeness (QED) is 0.864. The van der Waals surface area contributed by atoms with Gasteiger partial charge in [-0.2, -0.15) is 15.1 Å². The molecule has 2 aromatic rings. The number of nitrogens with zero attached hydrogens (tertiary/aromatic N) is 4. The van der Waals surface area contributed by atoms with Crippen LogP contribution in [0.1, 0.15) is 26.7 Å². The Hall–Kier alpha value is -1.85. The third-order valence-electron chi connectivity index (χ3n) is 4.16. The van der Waals surface area contributed by atoms with Crippen molar-refractivity contribution < 1.29 is 0 Å². The molecule has 0 aromatic carbocycles. The first-order chi connectivity index (χ1) is 9.20. The van der Waals surface area contributed by atoms with E-state index in [0.717, 1.165) is 23.4 Å². The Morgan fingerprint density at radius 1 is 1.37 bits per heavy atom. The number of hydrogen-bond acceptors (Lipinski definition) is 5. The summed E-state index contributed by atoms with van der Waals surface area (Å²) in [4.78, 5) is 11.4. The van der Waals surface area contributed by atoms with Gasteiger partial charge in [0.15, 0.2) is 5.65 Å². The van der Waals surface area contributed by atoms with Crippen LogP contribution in [0.2, 0.25) is 0 Å². The number of aromatic amines is 1. The van der Waals surface area contributed by atoms with E-state index in [4.69, 9.17) is 0 Å². The highest BCUT2D eigenvalue weighted by molar-refractivity contribution is 5.87. The van der Waals surface area contributed by atoms with E-state index in [9.17, 15) is 0 Å². The van der Waals surface area contributed by atoms with Crippen molar-refractivity contribution in [3.05, 3.63) is 6.20 Å². The monoisotopic (exact) mass is 260 g/mol. The molecule has 0 radical (unpaired) electrons. The van der Waals surface area contributed by atoms with E-state index >= 15 is 0 Å². The topological polar surface area (TPSA) is 69.7 Å². The second-order valence-corrected chi connectivity index (χ2v) is 5.31. The van der Waals surface area contributed by atoms with Gasteiger partial charge in [0.05, 0.1) is 11.6 Å². The van der Waals surface area contributed by atoms with Crippen molar-refractivity contribution in [3.8, 4) is 0 Å². The zero-order valence-electron chi connectivity index (χ0n) is 11.6. The molecule has 3 rings (SSSR count). The van der Waals surface area contributed by atoms with Crippen LogP contribution in [-0.4, -0.2) is 39.8 Å². The molecule has 2 aromatic heterocycles. The van der Waals surface area contributed by atoms with E-state index < -0.39 is 0 Å². The minimum atomic E-state index is 0.492. The van der Waals surface area contributed by atoms with Crippen molar-refractivity contribution in [1.29, 1.82) is 0 Å². The molecule has 6 nitrogen and oxygen atoms in total. The molecule has 0 spiro atoms. The van der Waals surface area contributed by atoms with E-state index in [1.165, 1.54) is 12.8 Å². The van der Waals surface area contributed by atoms with Crippen molar-refractivity contribution in [3.63, 3.8) is 0 Å². The Bertz CT molecular complexity index is 578. The Morgan fingerprint density at radius 2 is 2.21 bits per heavy atom. The minimum Gasteiger partial charge on any atom is -0.357 e. The number of H-pyrrole nitrogens is 1. The van der Waals surface area contributed by atoms with Gasteiger partial charge in [-0.3, -0.25) is 5.10 Å². The number of hydrogen-bond donors (Lipinski definition) is 2. The lowest BCUT2D eigenvalue weighted by Gasteiger charge is -2.39. The fourth-order valence-electron chi connectivity index (χ4n) is 2.78. The number of anilines is 2. The van der Waals surface area contributed by atoms with E-state index in [1.807, 2.05) is 13.2 Å². The van der Waals surface area contributed by atoms with Gasteiger partial charge in [-0.25, -0.2) is 0 Å². The molecule has 6 heteroatoms. The molecule has 0 amide bonds. The van der Waals surface area contributed by atoms with Gasteiger partial charge in [0.25, 0.3) is 0 Å². The van der Waals surface area contributed by atoms with Gasteiger partial charge in [0, 0.05) is 19.6 Å². The maximum atomic E-state index is 4.64. The lowest BCUT2D eigenvalue weighted by Crippen LogP contribution is -2.43. The Balaban J connectivity index is 2.09. The fourth-order valence-corrected chi connectivity index (χ4v) is 2.78. The van der Waals surface area contributed by atoms with E-state index in [0.29, 0.717) is 17.9 Å². The third-order valence-corrected chi connectivity index (χ3v) is 4.16. The van der Waals surface area contributed by atoms with Crippen molar-refractivity contribution in [2.24, 2.45) is 5.92 Å². The minimum absolute atomic E-state index is 0.492. The zero-order chi connectivity index (χ0) is 13.4. The van der Waals surface area contributed by atoms with Gasteiger partial charge in [0.1, 0.15) is 5.82 Å². The first-order valence-electron chi connectivity index (χ1n) is 6.86. The molecule has 1 saturated heterocycles. The van der Waals surface area contributed by atoms with Crippen LogP contribution < -0.4 is 10.2 Å². The van der Waals surface area contributed by atoms with Crippen LogP contribution in [0, 0.1) is 5.92 Å². The molecule has 0 bridgehead atoms. The molecule has 2 atom stereocenters. The Morgan fingerprint density at radius 3 is 3.00 bits per heavy atom. The molecular weight excluding hydrogens is 240 g/mol. The first kappa shape index (κ1) is 12.2. The second-order valence-electron chi connectivity index (χ2n) is 5.31. The van der Waals surface area contributed by atoms with Gasteiger partial charge >= 0.3 is 0 Å². The standard InChI is InChI=1S/C13H20N6/c1-8-5-4-6-19(9(8)2)12-10-7-15-18-11(10)16-13(14-3)17-12/h7-9H,4-6H2,1-3H3,(H2,14,15,16,17,18). The van der Waals surface area contributed by atoms with Crippen molar-refractivity contribution in [1.82, 2.24) is 20.2 Å². The highest BCUT2D eigenvalue weighted by atomic mass is 15.3. The highest BCUT2D eigenvalue weighted by Gasteiger charge is 2.27. The van der Waals surface area contributed by atoms with E-state index in [2.05, 4.69) is 44.2 Å². The molecular formula is C13H20N6. The summed E-state index contributed by atoms with van der Waals surface area (Å²) < 4.78 is 0. The summed E-state index contributed by atoms with van der Waals surface area (Å²) in [5.74, 6) is 2.31. The van der Waals surface area contributed by atoms with Crippen LogP contribution in [-0.2, 0) is 0 Å². The van der Waals surface area contributed by atoms with E-state index in [-0.39, 0.29) is 0 Å². The Kier molecular flexibility index (Phi) is 3.00. The SMILES string of the molecule is CNc1nc(N2CCCC(C)C2C)c2cn[nH]c2n1. The van der Waals surface area contributed by atoms with Crippen molar-refractivity contribution >= 4 is 22.8 Å². The van der Waals surface area contributed by atoms with Crippen LogP contribution in [0.5, 0.6) is 0 Å². The lowest BCUT2D eigenvalue weighted by molar-refractivity contribution is 0.362. The molecule has 1 aliphatic rings. The summed E-state index contributed by atoms with van der Waals surface area (Å²) in [5.41, 5.74) is 0.791.